The van der Waals surface area contributed by atoms with Crippen LogP contribution in [-0.2, 0) is 0 Å². The first-order valence-corrected chi connectivity index (χ1v) is 4.29. The van der Waals surface area contributed by atoms with Crippen LogP contribution < -0.4 is 10.9 Å². The Kier molecular flexibility index (Phi) is 2.96. The molecule has 1 aliphatic rings. The maximum Gasteiger partial charge on any atom is 0.0952 e. The van der Waals surface area contributed by atoms with Gasteiger partial charge < -0.3 is 0 Å². The lowest BCUT2D eigenvalue weighted by atomic mass is 9.99. The fourth-order valence-corrected chi connectivity index (χ4v) is 1.36. The van der Waals surface area contributed by atoms with Crippen molar-refractivity contribution in [2.24, 2.45) is 5.92 Å². The maximum absolute atomic E-state index is 5.81. The Labute approximate surface area is 67.3 Å². The minimum atomic E-state index is 0.120. The number of alkyl halides is 1. The van der Waals surface area contributed by atoms with Gasteiger partial charge in [-0.15, -0.1) is 11.6 Å². The Bertz CT molecular complexity index is 97.8. The van der Waals surface area contributed by atoms with Crippen molar-refractivity contribution < 1.29 is 0 Å². The number of hydrazine groups is 1. The standard InChI is InChI=1S/C7H15ClN2/c1-5(2)6-3-4-7(8)10-9-6/h5-7,9-10H,3-4H2,1-2H3. The summed E-state index contributed by atoms with van der Waals surface area (Å²) in [5, 5.41) is 0. The highest BCUT2D eigenvalue weighted by Crippen LogP contribution is 2.14. The molecule has 0 saturated carbocycles. The molecule has 2 atom stereocenters. The van der Waals surface area contributed by atoms with Crippen molar-refractivity contribution in [1.82, 2.24) is 10.9 Å². The SMILES string of the molecule is CC(C)C1CCC(Cl)NN1. The Balaban J connectivity index is 2.26. The van der Waals surface area contributed by atoms with Crippen LogP contribution in [0.1, 0.15) is 26.7 Å². The highest BCUT2D eigenvalue weighted by Gasteiger charge is 2.19. The molecule has 1 heterocycles. The number of hydrogen-bond acceptors (Lipinski definition) is 2. The van der Waals surface area contributed by atoms with Gasteiger partial charge in [-0.2, -0.15) is 0 Å². The van der Waals surface area contributed by atoms with Crippen LogP contribution in [0, 0.1) is 5.92 Å². The summed E-state index contributed by atoms with van der Waals surface area (Å²) in [6.07, 6.45) is 2.25. The summed E-state index contributed by atoms with van der Waals surface area (Å²) in [6.45, 7) is 4.43. The van der Waals surface area contributed by atoms with Crippen LogP contribution in [0.25, 0.3) is 0 Å². The molecule has 0 radical (unpaired) electrons. The number of halogens is 1. The minimum absolute atomic E-state index is 0.120. The van der Waals surface area contributed by atoms with Crippen molar-refractivity contribution in [2.45, 2.75) is 38.2 Å². The van der Waals surface area contributed by atoms with Gasteiger partial charge in [0.2, 0.25) is 0 Å². The van der Waals surface area contributed by atoms with Gasteiger partial charge in [-0.3, -0.25) is 5.43 Å². The Morgan fingerprint density at radius 2 is 2.00 bits per heavy atom. The zero-order valence-electron chi connectivity index (χ0n) is 6.52. The van der Waals surface area contributed by atoms with Crippen molar-refractivity contribution in [2.75, 3.05) is 0 Å². The molecule has 2 nitrogen and oxygen atoms in total. The van der Waals surface area contributed by atoms with Crippen LogP contribution in [0.15, 0.2) is 0 Å². The van der Waals surface area contributed by atoms with Crippen LogP contribution in [0.4, 0.5) is 0 Å². The van der Waals surface area contributed by atoms with E-state index in [2.05, 4.69) is 24.7 Å². The molecule has 1 aliphatic heterocycles. The summed E-state index contributed by atoms with van der Waals surface area (Å²) in [5.74, 6) is 0.691. The van der Waals surface area contributed by atoms with E-state index in [1.165, 1.54) is 6.42 Å². The van der Waals surface area contributed by atoms with E-state index in [0.717, 1.165) is 6.42 Å². The number of nitrogens with one attached hydrogen (secondary N) is 2. The molecule has 1 saturated heterocycles. The largest absolute Gasteiger partial charge is 0.253 e. The third kappa shape index (κ3) is 2.11. The molecule has 0 aromatic rings. The molecular weight excluding hydrogens is 148 g/mol. The molecule has 2 unspecified atom stereocenters. The van der Waals surface area contributed by atoms with Gasteiger partial charge in [-0.05, 0) is 18.8 Å². The maximum atomic E-state index is 5.81. The van der Waals surface area contributed by atoms with Gasteiger partial charge in [0.1, 0.15) is 0 Å². The molecule has 0 aromatic carbocycles. The molecular formula is C7H15ClN2. The van der Waals surface area contributed by atoms with Crippen molar-refractivity contribution >= 4 is 11.6 Å². The predicted octanol–water partition coefficient (Wildman–Crippen LogP) is 1.46. The highest BCUT2D eigenvalue weighted by atomic mass is 35.5. The van der Waals surface area contributed by atoms with Gasteiger partial charge in [0.05, 0.1) is 5.50 Å². The zero-order valence-corrected chi connectivity index (χ0v) is 7.28. The highest BCUT2D eigenvalue weighted by molar-refractivity contribution is 6.20. The summed E-state index contributed by atoms with van der Waals surface area (Å²) in [5.41, 5.74) is 6.34. The van der Waals surface area contributed by atoms with Crippen LogP contribution in [-0.4, -0.2) is 11.5 Å². The lowest BCUT2D eigenvalue weighted by Gasteiger charge is -2.30. The Morgan fingerprint density at radius 3 is 2.40 bits per heavy atom. The Hall–Kier alpha value is 0.210. The normalized spacial score (nSPS) is 34.8. The van der Waals surface area contributed by atoms with Crippen LogP contribution in [0.3, 0.4) is 0 Å². The van der Waals surface area contributed by atoms with Crippen molar-refractivity contribution in [3.8, 4) is 0 Å². The van der Waals surface area contributed by atoms with Gasteiger partial charge in [0.15, 0.2) is 0 Å². The molecule has 0 spiro atoms. The molecule has 0 aliphatic carbocycles. The fourth-order valence-electron chi connectivity index (χ4n) is 1.17. The van der Waals surface area contributed by atoms with Crippen LogP contribution in [0.5, 0.6) is 0 Å². The van der Waals surface area contributed by atoms with Gasteiger partial charge >= 0.3 is 0 Å². The number of rotatable bonds is 1. The third-order valence-electron chi connectivity index (χ3n) is 1.96. The lowest BCUT2D eigenvalue weighted by Crippen LogP contribution is -2.51. The van der Waals surface area contributed by atoms with Gasteiger partial charge in [-0.25, -0.2) is 5.43 Å². The van der Waals surface area contributed by atoms with E-state index < -0.39 is 0 Å². The molecule has 1 fully saturated rings. The molecule has 10 heavy (non-hydrogen) atoms. The second-order valence-electron chi connectivity index (χ2n) is 3.18. The molecule has 3 heteroatoms. The first-order chi connectivity index (χ1) is 4.70. The lowest BCUT2D eigenvalue weighted by molar-refractivity contribution is 0.268. The van der Waals surface area contributed by atoms with Crippen molar-refractivity contribution in [3.63, 3.8) is 0 Å². The second-order valence-corrected chi connectivity index (χ2v) is 3.71. The van der Waals surface area contributed by atoms with Crippen LogP contribution in [0.2, 0.25) is 0 Å². The molecule has 0 aromatic heterocycles. The average Bonchev–Trinajstić information content (AvgIpc) is 1.88. The topological polar surface area (TPSA) is 24.1 Å². The van der Waals surface area contributed by atoms with E-state index in [9.17, 15) is 0 Å². The van der Waals surface area contributed by atoms with E-state index in [-0.39, 0.29) is 5.50 Å². The first kappa shape index (κ1) is 8.31. The predicted molar refractivity (Wildman–Crippen MR) is 43.8 cm³/mol. The van der Waals surface area contributed by atoms with E-state index in [0.29, 0.717) is 12.0 Å². The fraction of sp³-hybridized carbons (Fsp3) is 1.00. The smallest absolute Gasteiger partial charge is 0.0952 e. The van der Waals surface area contributed by atoms with Crippen LogP contribution >= 0.6 is 11.6 Å². The summed E-state index contributed by atoms with van der Waals surface area (Å²) in [7, 11) is 0. The van der Waals surface area contributed by atoms with E-state index in [4.69, 9.17) is 11.6 Å². The zero-order chi connectivity index (χ0) is 7.56. The van der Waals surface area contributed by atoms with E-state index in [1.807, 2.05) is 0 Å². The molecule has 0 bridgehead atoms. The van der Waals surface area contributed by atoms with Gasteiger partial charge in [0.25, 0.3) is 0 Å². The van der Waals surface area contributed by atoms with E-state index >= 15 is 0 Å². The van der Waals surface area contributed by atoms with Gasteiger partial charge in [0, 0.05) is 6.04 Å². The second kappa shape index (κ2) is 3.56. The Morgan fingerprint density at radius 1 is 1.30 bits per heavy atom. The molecule has 1 rings (SSSR count). The van der Waals surface area contributed by atoms with Crippen molar-refractivity contribution in [1.29, 1.82) is 0 Å². The summed E-state index contributed by atoms with van der Waals surface area (Å²) in [6, 6.07) is 0.593. The summed E-state index contributed by atoms with van der Waals surface area (Å²) < 4.78 is 0. The first-order valence-electron chi connectivity index (χ1n) is 3.85. The molecule has 60 valence electrons. The summed E-state index contributed by atoms with van der Waals surface area (Å²) in [4.78, 5) is 0. The quantitative estimate of drug-likeness (QED) is 0.451. The molecule has 2 N–H and O–H groups in total. The average molecular weight is 163 g/mol. The van der Waals surface area contributed by atoms with E-state index in [1.54, 1.807) is 0 Å². The van der Waals surface area contributed by atoms with Crippen molar-refractivity contribution in [3.05, 3.63) is 0 Å². The number of hydrogen-bond donors (Lipinski definition) is 2. The summed E-state index contributed by atoms with van der Waals surface area (Å²) >= 11 is 5.81. The molecule has 0 amide bonds. The third-order valence-corrected chi connectivity index (χ3v) is 2.29. The van der Waals surface area contributed by atoms with Gasteiger partial charge in [-0.1, -0.05) is 13.8 Å². The minimum Gasteiger partial charge on any atom is -0.253 e. The monoisotopic (exact) mass is 162 g/mol.